The Morgan fingerprint density at radius 1 is 1.21 bits per heavy atom. The van der Waals surface area contributed by atoms with Gasteiger partial charge in [-0.1, -0.05) is 5.21 Å². The van der Waals surface area contributed by atoms with Gasteiger partial charge in [0.25, 0.3) is 5.89 Å². The summed E-state index contributed by atoms with van der Waals surface area (Å²) in [6.07, 6.45) is 6.56. The lowest BCUT2D eigenvalue weighted by molar-refractivity contribution is -0.0794. The summed E-state index contributed by atoms with van der Waals surface area (Å²) in [6, 6.07) is 6.69. The van der Waals surface area contributed by atoms with Gasteiger partial charge in [-0.05, 0) is 58.2 Å². The molecule has 2 amide bonds. The molecule has 4 heterocycles. The van der Waals surface area contributed by atoms with Gasteiger partial charge in [0.05, 0.1) is 61.4 Å². The average molecular weight is 576 g/mol. The topological polar surface area (TPSA) is 149 Å². The number of likely N-dealkylation sites (tertiary alicyclic amines) is 1. The molecule has 3 fully saturated rings. The maximum absolute atomic E-state index is 13.9. The summed E-state index contributed by atoms with van der Waals surface area (Å²) in [7, 11) is 0. The molecule has 1 aromatic carbocycles. The summed E-state index contributed by atoms with van der Waals surface area (Å²) in [5.74, 6) is 0.454. The number of rotatable bonds is 8. The minimum Gasteiger partial charge on any atom is -0.485 e. The van der Waals surface area contributed by atoms with Crippen LogP contribution >= 0.6 is 0 Å². The minimum absolute atomic E-state index is 0.0304. The molecule has 0 bridgehead atoms. The van der Waals surface area contributed by atoms with E-state index in [2.05, 4.69) is 21.4 Å². The number of carbonyl (C=O) groups is 2. The van der Waals surface area contributed by atoms with Crippen LogP contribution in [0.4, 0.5) is 4.79 Å². The summed E-state index contributed by atoms with van der Waals surface area (Å²) in [5, 5.41) is 17.4. The summed E-state index contributed by atoms with van der Waals surface area (Å²) in [5.41, 5.74) is 0.304. The third-order valence-corrected chi connectivity index (χ3v) is 7.42. The first-order valence-corrected chi connectivity index (χ1v) is 14.1. The Morgan fingerprint density at radius 3 is 2.67 bits per heavy atom. The van der Waals surface area contributed by atoms with Gasteiger partial charge in [0.15, 0.2) is 5.76 Å². The molecule has 2 aromatic heterocycles. The third-order valence-electron chi connectivity index (χ3n) is 7.42. The third kappa shape index (κ3) is 5.94. The predicted molar refractivity (Wildman–Crippen MR) is 146 cm³/mol. The average Bonchev–Trinajstić information content (AvgIpc) is 3.30. The van der Waals surface area contributed by atoms with Crippen LogP contribution in [0.3, 0.4) is 0 Å². The number of hydrogen-bond acceptors (Lipinski definition) is 10. The molecule has 2 saturated heterocycles. The molecular weight excluding hydrogens is 542 g/mol. The Labute approximate surface area is 242 Å². The molecule has 2 aliphatic heterocycles. The fourth-order valence-corrected chi connectivity index (χ4v) is 5.30. The van der Waals surface area contributed by atoms with Crippen molar-refractivity contribution >= 4 is 12.0 Å². The van der Waals surface area contributed by atoms with E-state index < -0.39 is 11.7 Å². The van der Waals surface area contributed by atoms with Crippen LogP contribution in [0, 0.1) is 11.3 Å². The SMILES string of the molecule is CC(C)(C)OC(=O)N1C[C@H](N(C(=O)c2ncc(-c3cc(C#N)ccc3OC3COC3)o2)C2CC2)C[C@H]1Cn1ccnn1. The molecule has 3 aliphatic rings. The summed E-state index contributed by atoms with van der Waals surface area (Å²) in [4.78, 5) is 35.0. The van der Waals surface area contributed by atoms with E-state index in [-0.39, 0.29) is 36.0 Å². The van der Waals surface area contributed by atoms with E-state index in [9.17, 15) is 14.9 Å². The van der Waals surface area contributed by atoms with Gasteiger partial charge in [-0.15, -0.1) is 5.10 Å². The van der Waals surface area contributed by atoms with Crippen LogP contribution in [0.15, 0.2) is 41.2 Å². The van der Waals surface area contributed by atoms with E-state index >= 15 is 0 Å². The van der Waals surface area contributed by atoms with Gasteiger partial charge in [-0.2, -0.15) is 5.26 Å². The van der Waals surface area contributed by atoms with Crippen molar-refractivity contribution < 1.29 is 28.2 Å². The highest BCUT2D eigenvalue weighted by Crippen LogP contribution is 2.37. The fourth-order valence-electron chi connectivity index (χ4n) is 5.30. The van der Waals surface area contributed by atoms with Crippen molar-refractivity contribution in [3.63, 3.8) is 0 Å². The number of nitriles is 1. The molecule has 13 nitrogen and oxygen atoms in total. The van der Waals surface area contributed by atoms with Crippen molar-refractivity contribution in [2.24, 2.45) is 0 Å². The smallest absolute Gasteiger partial charge is 0.410 e. The van der Waals surface area contributed by atoms with Crippen molar-refractivity contribution in [2.75, 3.05) is 19.8 Å². The Hall–Kier alpha value is -4.44. The first-order chi connectivity index (χ1) is 20.2. The molecule has 1 saturated carbocycles. The number of amides is 2. The van der Waals surface area contributed by atoms with Crippen LogP contribution in [0.5, 0.6) is 5.75 Å². The number of oxazole rings is 1. The Morgan fingerprint density at radius 2 is 2.02 bits per heavy atom. The second-order valence-corrected chi connectivity index (χ2v) is 11.9. The number of ether oxygens (including phenoxy) is 3. The first-order valence-electron chi connectivity index (χ1n) is 14.1. The normalized spacial score (nSPS) is 20.6. The standard InChI is InChI=1S/C29H33N7O6/c1-29(2,3)42-28(38)35-15-21(11-20(35)14-34-9-8-32-33-34)36(19-5-6-19)27(37)26-31-13-25(41-26)23-10-18(12-30)4-7-24(23)40-22-16-39-17-22/h4,7-10,13,19-22H,5-6,11,14-17H2,1-3H3/t20-,21+/m0/s1. The van der Waals surface area contributed by atoms with Crippen LogP contribution in [-0.2, 0) is 16.0 Å². The number of aromatic nitrogens is 4. The fraction of sp³-hybridized carbons (Fsp3) is 0.517. The van der Waals surface area contributed by atoms with Crippen LogP contribution in [-0.4, -0.2) is 91.4 Å². The van der Waals surface area contributed by atoms with E-state index in [4.69, 9.17) is 18.6 Å². The lowest BCUT2D eigenvalue weighted by Gasteiger charge is -2.29. The van der Waals surface area contributed by atoms with E-state index in [1.165, 1.54) is 6.20 Å². The van der Waals surface area contributed by atoms with Crippen LogP contribution in [0.2, 0.25) is 0 Å². The van der Waals surface area contributed by atoms with E-state index in [0.29, 0.717) is 55.4 Å². The Kier molecular flexibility index (Phi) is 7.32. The number of hydrogen-bond donors (Lipinski definition) is 0. The zero-order chi connectivity index (χ0) is 29.4. The van der Waals surface area contributed by atoms with Crippen molar-refractivity contribution in [1.29, 1.82) is 5.26 Å². The zero-order valence-electron chi connectivity index (χ0n) is 23.8. The Bertz CT molecular complexity index is 1480. The summed E-state index contributed by atoms with van der Waals surface area (Å²) < 4.78 is 24.7. The van der Waals surface area contributed by atoms with Gasteiger partial charge in [0.2, 0.25) is 0 Å². The second-order valence-electron chi connectivity index (χ2n) is 11.9. The minimum atomic E-state index is -0.662. The molecule has 6 rings (SSSR count). The lowest BCUT2D eigenvalue weighted by Crippen LogP contribution is -2.45. The highest BCUT2D eigenvalue weighted by Gasteiger charge is 2.47. The van der Waals surface area contributed by atoms with E-state index in [1.807, 2.05) is 25.7 Å². The molecule has 1 aliphatic carbocycles. The van der Waals surface area contributed by atoms with Gasteiger partial charge in [0, 0.05) is 18.8 Å². The summed E-state index contributed by atoms with van der Waals surface area (Å²) in [6.45, 7) is 7.19. The second kappa shape index (κ2) is 11.1. The van der Waals surface area contributed by atoms with Crippen molar-refractivity contribution in [1.82, 2.24) is 29.8 Å². The molecule has 13 heteroatoms. The molecular formula is C29H33N7O6. The lowest BCUT2D eigenvalue weighted by atomic mass is 10.1. The number of nitrogens with zero attached hydrogens (tertiary/aromatic N) is 7. The van der Waals surface area contributed by atoms with Gasteiger partial charge < -0.3 is 28.4 Å². The largest absolute Gasteiger partial charge is 0.485 e. The van der Waals surface area contributed by atoms with Gasteiger partial charge in [-0.25, -0.2) is 9.78 Å². The van der Waals surface area contributed by atoms with Crippen LogP contribution in [0.25, 0.3) is 11.3 Å². The maximum Gasteiger partial charge on any atom is 0.410 e. The zero-order valence-corrected chi connectivity index (χ0v) is 23.8. The summed E-state index contributed by atoms with van der Waals surface area (Å²) >= 11 is 0. The van der Waals surface area contributed by atoms with Gasteiger partial charge in [0.1, 0.15) is 17.5 Å². The molecule has 0 radical (unpaired) electrons. The predicted octanol–water partition coefficient (Wildman–Crippen LogP) is 3.27. The highest BCUT2D eigenvalue weighted by atomic mass is 16.6. The number of benzene rings is 1. The molecule has 0 unspecified atom stereocenters. The van der Waals surface area contributed by atoms with Crippen molar-refractivity contribution in [3.05, 3.63) is 48.2 Å². The molecule has 3 aromatic rings. The monoisotopic (exact) mass is 575 g/mol. The molecule has 0 N–H and O–H groups in total. The van der Waals surface area contributed by atoms with E-state index in [1.54, 1.807) is 40.2 Å². The quantitative estimate of drug-likeness (QED) is 0.392. The molecule has 220 valence electrons. The van der Waals surface area contributed by atoms with Gasteiger partial charge >= 0.3 is 12.0 Å². The van der Waals surface area contributed by atoms with Crippen LogP contribution < -0.4 is 4.74 Å². The van der Waals surface area contributed by atoms with Gasteiger partial charge in [-0.3, -0.25) is 9.48 Å². The Balaban J connectivity index is 1.25. The number of carbonyl (C=O) groups excluding carboxylic acids is 2. The molecule has 42 heavy (non-hydrogen) atoms. The van der Waals surface area contributed by atoms with Crippen molar-refractivity contribution in [2.45, 2.75) is 76.4 Å². The molecule has 0 spiro atoms. The van der Waals surface area contributed by atoms with E-state index in [0.717, 1.165) is 12.8 Å². The van der Waals surface area contributed by atoms with Crippen LogP contribution in [0.1, 0.15) is 56.3 Å². The first kappa shape index (κ1) is 27.7. The maximum atomic E-state index is 13.9. The highest BCUT2D eigenvalue weighted by molar-refractivity contribution is 5.91. The van der Waals surface area contributed by atoms with Crippen molar-refractivity contribution in [3.8, 4) is 23.1 Å². The molecule has 2 atom stereocenters.